The van der Waals surface area contributed by atoms with Gasteiger partial charge in [0.15, 0.2) is 0 Å². The number of carbonyl (C=O) groups is 1. The van der Waals surface area contributed by atoms with Gasteiger partial charge in [-0.1, -0.05) is 29.8 Å². The largest absolute Gasteiger partial charge is 0.478 e. The van der Waals surface area contributed by atoms with Gasteiger partial charge in [-0.3, -0.25) is 4.68 Å². The quantitative estimate of drug-likeness (QED) is 0.861. The van der Waals surface area contributed by atoms with Gasteiger partial charge in [-0.2, -0.15) is 5.10 Å². The summed E-state index contributed by atoms with van der Waals surface area (Å²) >= 11 is 0. The van der Waals surface area contributed by atoms with Crippen LogP contribution in [0.15, 0.2) is 24.3 Å². The van der Waals surface area contributed by atoms with Crippen LogP contribution in [-0.4, -0.2) is 20.9 Å². The Kier molecular flexibility index (Phi) is 2.71. The zero-order valence-corrected chi connectivity index (χ0v) is 10.1. The molecule has 2 rings (SSSR count). The molecule has 0 aliphatic carbocycles. The number of aromatic nitrogens is 2. The van der Waals surface area contributed by atoms with Gasteiger partial charge in [-0.05, 0) is 13.8 Å². The van der Waals surface area contributed by atoms with Crippen molar-refractivity contribution in [3.8, 4) is 11.3 Å². The van der Waals surface area contributed by atoms with Gasteiger partial charge in [-0.15, -0.1) is 0 Å². The fraction of sp³-hybridized carbons (Fsp3) is 0.231. The van der Waals surface area contributed by atoms with Crippen molar-refractivity contribution in [3.63, 3.8) is 0 Å². The van der Waals surface area contributed by atoms with E-state index < -0.39 is 5.97 Å². The average Bonchev–Trinajstić information content (AvgIpc) is 2.55. The van der Waals surface area contributed by atoms with Gasteiger partial charge in [0.2, 0.25) is 0 Å². The summed E-state index contributed by atoms with van der Waals surface area (Å²) in [6.07, 6.45) is 0. The molecule has 17 heavy (non-hydrogen) atoms. The standard InChI is InChI=1S/C13H14N2O2/c1-8-4-6-10(7-5-8)12-11(13(16)17)9(2)14-15(12)3/h4-7H,1-3H3,(H,16,17). The van der Waals surface area contributed by atoms with Crippen LogP contribution in [-0.2, 0) is 7.05 Å². The SMILES string of the molecule is Cc1ccc(-c2c(C(=O)O)c(C)nn2C)cc1. The van der Waals surface area contributed by atoms with Crippen LogP contribution < -0.4 is 0 Å². The number of hydrogen-bond acceptors (Lipinski definition) is 2. The summed E-state index contributed by atoms with van der Waals surface area (Å²) in [7, 11) is 1.76. The van der Waals surface area contributed by atoms with Crippen molar-refractivity contribution in [2.75, 3.05) is 0 Å². The Bertz CT molecular complexity index is 568. The summed E-state index contributed by atoms with van der Waals surface area (Å²) < 4.78 is 1.61. The lowest BCUT2D eigenvalue weighted by atomic mass is 10.0. The molecule has 88 valence electrons. The first-order valence-corrected chi connectivity index (χ1v) is 5.34. The molecule has 1 aromatic carbocycles. The molecule has 0 saturated carbocycles. The number of aryl methyl sites for hydroxylation is 3. The molecule has 0 aliphatic heterocycles. The summed E-state index contributed by atoms with van der Waals surface area (Å²) in [6.45, 7) is 3.71. The molecule has 0 atom stereocenters. The van der Waals surface area contributed by atoms with Gasteiger partial charge < -0.3 is 5.11 Å². The van der Waals surface area contributed by atoms with Crippen molar-refractivity contribution in [1.82, 2.24) is 9.78 Å². The molecule has 0 fully saturated rings. The summed E-state index contributed by atoms with van der Waals surface area (Å²) in [4.78, 5) is 11.2. The van der Waals surface area contributed by atoms with Crippen LogP contribution in [0.25, 0.3) is 11.3 Å². The Morgan fingerprint density at radius 3 is 2.35 bits per heavy atom. The van der Waals surface area contributed by atoms with Crippen LogP contribution in [0.3, 0.4) is 0 Å². The molecule has 1 aromatic heterocycles. The highest BCUT2D eigenvalue weighted by Gasteiger charge is 2.20. The van der Waals surface area contributed by atoms with Crippen LogP contribution in [0.5, 0.6) is 0 Å². The molecular formula is C13H14N2O2. The Balaban J connectivity index is 2.66. The fourth-order valence-electron chi connectivity index (χ4n) is 1.96. The monoisotopic (exact) mass is 230 g/mol. The van der Waals surface area contributed by atoms with Crippen molar-refractivity contribution in [1.29, 1.82) is 0 Å². The third-order valence-corrected chi connectivity index (χ3v) is 2.76. The van der Waals surface area contributed by atoms with Crippen LogP contribution in [0.2, 0.25) is 0 Å². The molecule has 4 heteroatoms. The number of rotatable bonds is 2. The van der Waals surface area contributed by atoms with E-state index in [9.17, 15) is 9.90 Å². The Morgan fingerprint density at radius 2 is 1.82 bits per heavy atom. The predicted octanol–water partition coefficient (Wildman–Crippen LogP) is 2.40. The topological polar surface area (TPSA) is 55.1 Å². The van der Waals surface area contributed by atoms with Gasteiger partial charge in [0.05, 0.1) is 11.4 Å². The van der Waals surface area contributed by atoms with E-state index in [1.807, 2.05) is 31.2 Å². The van der Waals surface area contributed by atoms with Gasteiger partial charge >= 0.3 is 5.97 Å². The number of benzene rings is 1. The van der Waals surface area contributed by atoms with Crippen molar-refractivity contribution in [3.05, 3.63) is 41.1 Å². The van der Waals surface area contributed by atoms with E-state index in [4.69, 9.17) is 0 Å². The van der Waals surface area contributed by atoms with Crippen molar-refractivity contribution in [2.45, 2.75) is 13.8 Å². The number of aromatic carboxylic acids is 1. The molecule has 0 spiro atoms. The van der Waals surface area contributed by atoms with E-state index in [1.165, 1.54) is 0 Å². The summed E-state index contributed by atoms with van der Waals surface area (Å²) in [5.41, 5.74) is 3.47. The van der Waals surface area contributed by atoms with E-state index in [-0.39, 0.29) is 5.56 Å². The van der Waals surface area contributed by atoms with E-state index in [2.05, 4.69) is 5.10 Å². The maximum Gasteiger partial charge on any atom is 0.339 e. The zero-order valence-electron chi connectivity index (χ0n) is 10.1. The molecular weight excluding hydrogens is 216 g/mol. The molecule has 0 saturated heterocycles. The maximum absolute atomic E-state index is 11.2. The fourth-order valence-corrected chi connectivity index (χ4v) is 1.96. The Morgan fingerprint density at radius 1 is 1.24 bits per heavy atom. The average molecular weight is 230 g/mol. The number of nitrogens with zero attached hydrogens (tertiary/aromatic N) is 2. The normalized spacial score (nSPS) is 10.5. The highest BCUT2D eigenvalue weighted by atomic mass is 16.4. The zero-order chi connectivity index (χ0) is 12.6. The third kappa shape index (κ3) is 1.93. The molecule has 0 amide bonds. The smallest absolute Gasteiger partial charge is 0.339 e. The van der Waals surface area contributed by atoms with Crippen LogP contribution in [0.1, 0.15) is 21.6 Å². The maximum atomic E-state index is 11.2. The first-order valence-electron chi connectivity index (χ1n) is 5.34. The first-order chi connectivity index (χ1) is 8.00. The van der Waals surface area contributed by atoms with E-state index >= 15 is 0 Å². The summed E-state index contributed by atoms with van der Waals surface area (Å²) in [5.74, 6) is -0.939. The molecule has 4 nitrogen and oxygen atoms in total. The Hall–Kier alpha value is -2.10. The number of hydrogen-bond donors (Lipinski definition) is 1. The highest BCUT2D eigenvalue weighted by molar-refractivity contribution is 5.96. The summed E-state index contributed by atoms with van der Waals surface area (Å²) in [6, 6.07) is 7.75. The molecule has 1 N–H and O–H groups in total. The summed E-state index contributed by atoms with van der Waals surface area (Å²) in [5, 5.41) is 13.4. The minimum atomic E-state index is -0.939. The molecule has 0 aliphatic rings. The third-order valence-electron chi connectivity index (χ3n) is 2.76. The lowest BCUT2D eigenvalue weighted by Gasteiger charge is -2.04. The second-order valence-corrected chi connectivity index (χ2v) is 4.10. The molecule has 0 unspecified atom stereocenters. The van der Waals surface area contributed by atoms with Crippen molar-refractivity contribution in [2.24, 2.45) is 7.05 Å². The van der Waals surface area contributed by atoms with Gasteiger partial charge in [0, 0.05) is 12.6 Å². The number of carboxylic acids is 1. The van der Waals surface area contributed by atoms with Gasteiger partial charge in [0.25, 0.3) is 0 Å². The van der Waals surface area contributed by atoms with Crippen LogP contribution in [0.4, 0.5) is 0 Å². The van der Waals surface area contributed by atoms with E-state index in [0.29, 0.717) is 11.4 Å². The second kappa shape index (κ2) is 4.05. The van der Waals surface area contributed by atoms with Crippen LogP contribution >= 0.6 is 0 Å². The van der Waals surface area contributed by atoms with Crippen molar-refractivity contribution < 1.29 is 9.90 Å². The first kappa shape index (κ1) is 11.4. The molecule has 0 bridgehead atoms. The molecule has 2 aromatic rings. The lowest BCUT2D eigenvalue weighted by molar-refractivity contribution is 0.0697. The van der Waals surface area contributed by atoms with Crippen molar-refractivity contribution >= 4 is 5.97 Å². The minimum absolute atomic E-state index is 0.274. The van der Waals surface area contributed by atoms with E-state index in [0.717, 1.165) is 11.1 Å². The number of carboxylic acid groups (broad SMARTS) is 1. The predicted molar refractivity (Wildman–Crippen MR) is 65.1 cm³/mol. The van der Waals surface area contributed by atoms with Gasteiger partial charge in [-0.25, -0.2) is 4.79 Å². The Labute approximate surface area is 99.5 Å². The molecule has 1 heterocycles. The van der Waals surface area contributed by atoms with E-state index in [1.54, 1.807) is 18.7 Å². The molecule has 0 radical (unpaired) electrons. The second-order valence-electron chi connectivity index (χ2n) is 4.10. The van der Waals surface area contributed by atoms with Gasteiger partial charge in [0.1, 0.15) is 5.56 Å². The minimum Gasteiger partial charge on any atom is -0.478 e. The lowest BCUT2D eigenvalue weighted by Crippen LogP contribution is -2.01. The highest BCUT2D eigenvalue weighted by Crippen LogP contribution is 2.25. The van der Waals surface area contributed by atoms with Crippen LogP contribution in [0, 0.1) is 13.8 Å².